The molecule has 5 nitrogen and oxygen atoms in total. The van der Waals surface area contributed by atoms with Crippen LogP contribution in [-0.4, -0.2) is 10.9 Å². The molecule has 5 heteroatoms. The molecule has 1 aliphatic carbocycles. The molecule has 0 fully saturated rings. The van der Waals surface area contributed by atoms with E-state index in [2.05, 4.69) is 39.8 Å². The number of nitrogens with zero attached hydrogens (tertiary/aromatic N) is 1. The Balaban J connectivity index is 1.89. The zero-order chi connectivity index (χ0) is 23.7. The van der Waals surface area contributed by atoms with Crippen LogP contribution in [0.2, 0.25) is 0 Å². The summed E-state index contributed by atoms with van der Waals surface area (Å²) in [4.78, 5) is 22.2. The second-order valence-corrected chi connectivity index (χ2v) is 8.95. The average Bonchev–Trinajstić information content (AvgIpc) is 2.71. The minimum Gasteiger partial charge on any atom is -0.458 e. The largest absolute Gasteiger partial charge is 0.458 e. The van der Waals surface area contributed by atoms with Gasteiger partial charge in [-0.05, 0) is 74.3 Å². The van der Waals surface area contributed by atoms with Crippen LogP contribution in [0.1, 0.15) is 59.4 Å². The van der Waals surface area contributed by atoms with E-state index in [1.54, 1.807) is 12.1 Å². The average molecular weight is 436 g/mol. The number of allylic oxidation sites excluding steroid dienone is 9. The van der Waals surface area contributed by atoms with Crippen molar-refractivity contribution in [3.05, 3.63) is 98.7 Å². The number of rotatable bonds is 8. The molecule has 0 radical (unpaired) electrons. The third-order valence-electron chi connectivity index (χ3n) is 5.65. The van der Waals surface area contributed by atoms with Gasteiger partial charge in [-0.1, -0.05) is 55.4 Å². The molecule has 0 aliphatic heterocycles. The molecule has 1 aromatic rings. The summed E-state index contributed by atoms with van der Waals surface area (Å²) in [5.41, 5.74) is 5.76. The Morgan fingerprint density at radius 2 is 1.84 bits per heavy atom. The Morgan fingerprint density at radius 1 is 1.16 bits per heavy atom. The molecule has 0 saturated heterocycles. The Labute approximate surface area is 191 Å². The van der Waals surface area contributed by atoms with Crippen LogP contribution in [0.3, 0.4) is 0 Å². The van der Waals surface area contributed by atoms with Gasteiger partial charge in [-0.2, -0.15) is 0 Å². The van der Waals surface area contributed by atoms with Gasteiger partial charge in [0.1, 0.15) is 6.61 Å². The molecule has 1 aliphatic rings. The van der Waals surface area contributed by atoms with Crippen molar-refractivity contribution >= 4 is 11.7 Å². The molecule has 0 unspecified atom stereocenters. The van der Waals surface area contributed by atoms with E-state index >= 15 is 0 Å². The lowest BCUT2D eigenvalue weighted by molar-refractivity contribution is -0.384. The van der Waals surface area contributed by atoms with E-state index < -0.39 is 10.9 Å². The van der Waals surface area contributed by atoms with E-state index in [4.69, 9.17) is 4.74 Å². The summed E-state index contributed by atoms with van der Waals surface area (Å²) in [6.45, 7) is 10.8. The van der Waals surface area contributed by atoms with E-state index in [-0.39, 0.29) is 17.7 Å². The lowest BCUT2D eigenvalue weighted by Gasteiger charge is -2.32. The number of hydrogen-bond acceptors (Lipinski definition) is 4. The highest BCUT2D eigenvalue weighted by atomic mass is 16.6. The minimum absolute atomic E-state index is 0.00783. The van der Waals surface area contributed by atoms with E-state index in [0.717, 1.165) is 11.1 Å². The van der Waals surface area contributed by atoms with Crippen LogP contribution in [0.15, 0.2) is 83.0 Å². The van der Waals surface area contributed by atoms with Crippen molar-refractivity contribution in [2.75, 3.05) is 0 Å². The van der Waals surface area contributed by atoms with Crippen LogP contribution in [0.25, 0.3) is 0 Å². The lowest BCUT2D eigenvalue weighted by Crippen LogP contribution is -2.19. The molecule has 0 N–H and O–H groups in total. The number of benzene rings is 1. The monoisotopic (exact) mass is 435 g/mol. The number of nitro groups is 1. The zero-order valence-corrected chi connectivity index (χ0v) is 19.7. The number of carbonyl (C=O) groups excluding carboxylic acids is 1. The first-order chi connectivity index (χ1) is 15.1. The molecule has 0 heterocycles. The first-order valence-electron chi connectivity index (χ1n) is 10.9. The summed E-state index contributed by atoms with van der Waals surface area (Å²) >= 11 is 0. The molecular weight excluding hydrogens is 402 g/mol. The van der Waals surface area contributed by atoms with Crippen LogP contribution in [0.4, 0.5) is 5.69 Å². The van der Waals surface area contributed by atoms with Crippen molar-refractivity contribution < 1.29 is 14.5 Å². The minimum atomic E-state index is -0.463. The Morgan fingerprint density at radius 3 is 2.47 bits per heavy atom. The zero-order valence-electron chi connectivity index (χ0n) is 19.7. The van der Waals surface area contributed by atoms with E-state index in [1.807, 2.05) is 25.2 Å². The van der Waals surface area contributed by atoms with Crippen LogP contribution in [0.5, 0.6) is 0 Å². The van der Waals surface area contributed by atoms with E-state index in [0.29, 0.717) is 5.56 Å². The van der Waals surface area contributed by atoms with Crippen molar-refractivity contribution in [1.29, 1.82) is 0 Å². The third-order valence-corrected chi connectivity index (χ3v) is 5.65. The quantitative estimate of drug-likeness (QED) is 0.143. The highest BCUT2D eigenvalue weighted by Gasteiger charge is 2.26. The summed E-state index contributed by atoms with van der Waals surface area (Å²) in [7, 11) is 0. The van der Waals surface area contributed by atoms with Gasteiger partial charge in [0.05, 0.1) is 4.92 Å². The second-order valence-electron chi connectivity index (χ2n) is 8.95. The number of non-ortho nitro benzene ring substituents is 1. The topological polar surface area (TPSA) is 69.4 Å². The molecule has 0 amide bonds. The first-order valence-corrected chi connectivity index (χ1v) is 10.9. The van der Waals surface area contributed by atoms with Gasteiger partial charge < -0.3 is 4.74 Å². The van der Waals surface area contributed by atoms with E-state index in [9.17, 15) is 14.9 Å². The van der Waals surface area contributed by atoms with Gasteiger partial charge in [-0.25, -0.2) is 4.79 Å². The maximum Gasteiger partial charge on any atom is 0.331 e. The predicted molar refractivity (Wildman–Crippen MR) is 129 cm³/mol. The molecule has 0 atom stereocenters. The maximum atomic E-state index is 12.0. The molecule has 1 aromatic carbocycles. The standard InChI is InChI=1S/C27H33NO4/c1-20(11-16-25-22(3)10-7-17-27(25,4)5)8-6-9-21(2)18-26(29)32-19-23-12-14-24(15-13-23)28(30)31/h6,8-9,11-16,18H,7,10,17,19H2,1-5H3/b9-6+,16-11+,20-8-,21-18+. The highest BCUT2D eigenvalue weighted by molar-refractivity contribution is 5.83. The predicted octanol–water partition coefficient (Wildman–Crippen LogP) is 7.17. The van der Waals surface area contributed by atoms with Gasteiger partial charge in [0, 0.05) is 18.2 Å². The molecule has 0 saturated carbocycles. The number of hydrogen-bond donors (Lipinski definition) is 0. The van der Waals surface area contributed by atoms with Crippen LogP contribution in [-0.2, 0) is 16.1 Å². The van der Waals surface area contributed by atoms with Crippen molar-refractivity contribution in [1.82, 2.24) is 0 Å². The van der Waals surface area contributed by atoms with Gasteiger partial charge in [-0.15, -0.1) is 0 Å². The van der Waals surface area contributed by atoms with E-state index in [1.165, 1.54) is 48.6 Å². The molecule has 170 valence electrons. The van der Waals surface area contributed by atoms with Crippen molar-refractivity contribution in [3.63, 3.8) is 0 Å². The summed E-state index contributed by atoms with van der Waals surface area (Å²) in [6, 6.07) is 5.94. The van der Waals surface area contributed by atoms with Gasteiger partial charge >= 0.3 is 5.97 Å². The summed E-state index contributed by atoms with van der Waals surface area (Å²) in [6.07, 6.45) is 15.3. The van der Waals surface area contributed by atoms with Gasteiger partial charge in [0.25, 0.3) is 5.69 Å². The van der Waals surface area contributed by atoms with Crippen molar-refractivity contribution in [3.8, 4) is 0 Å². The Kier molecular flexibility index (Phi) is 8.94. The van der Waals surface area contributed by atoms with Gasteiger partial charge in [0.2, 0.25) is 0 Å². The van der Waals surface area contributed by atoms with Gasteiger partial charge in [-0.3, -0.25) is 10.1 Å². The normalized spacial score (nSPS) is 17.3. The number of esters is 1. The molecule has 2 rings (SSSR count). The second kappa shape index (κ2) is 11.4. The van der Waals surface area contributed by atoms with Crippen molar-refractivity contribution in [2.24, 2.45) is 5.41 Å². The first kappa shape index (κ1) is 25.1. The summed E-state index contributed by atoms with van der Waals surface area (Å²) in [5, 5.41) is 10.7. The molecule has 0 bridgehead atoms. The number of ether oxygens (including phenoxy) is 1. The van der Waals surface area contributed by atoms with Crippen molar-refractivity contribution in [2.45, 2.75) is 60.5 Å². The number of nitro benzene ring substituents is 1. The third kappa shape index (κ3) is 7.80. The molecule has 32 heavy (non-hydrogen) atoms. The summed E-state index contributed by atoms with van der Waals surface area (Å²) in [5.74, 6) is -0.451. The number of carbonyl (C=O) groups is 1. The summed E-state index contributed by atoms with van der Waals surface area (Å²) < 4.78 is 5.21. The molecule has 0 aromatic heterocycles. The van der Waals surface area contributed by atoms with Gasteiger partial charge in [0.15, 0.2) is 0 Å². The molecular formula is C27H33NO4. The maximum absolute atomic E-state index is 12.0. The lowest BCUT2D eigenvalue weighted by atomic mass is 9.72. The van der Waals surface area contributed by atoms with Crippen LogP contribution < -0.4 is 0 Å². The fraction of sp³-hybridized carbons (Fsp3) is 0.370. The van der Waals surface area contributed by atoms with Crippen LogP contribution in [0, 0.1) is 15.5 Å². The Hall–Kier alpha value is -3.21. The SMILES string of the molecule is CC1=C(/C=C/C(C)=C\C=C\C(C)=C\C(=O)OCc2ccc([N+](=O)[O-])cc2)C(C)(C)CCC1. The molecule has 0 spiro atoms. The van der Waals surface area contributed by atoms with Crippen LogP contribution >= 0.6 is 0 Å². The smallest absolute Gasteiger partial charge is 0.331 e. The fourth-order valence-electron chi connectivity index (χ4n) is 3.78. The Bertz CT molecular complexity index is 989. The highest BCUT2D eigenvalue weighted by Crippen LogP contribution is 2.40. The fourth-order valence-corrected chi connectivity index (χ4v) is 3.78.